The minimum Gasteiger partial charge on any atom is -0.321 e. The number of pyridine rings is 1. The Morgan fingerprint density at radius 1 is 1.26 bits per heavy atom. The number of amidine groups is 1. The van der Waals surface area contributed by atoms with E-state index >= 15 is 0 Å². The van der Waals surface area contributed by atoms with Crippen LogP contribution >= 0.6 is 0 Å². The van der Waals surface area contributed by atoms with Crippen LogP contribution < -0.4 is 17.1 Å². The lowest BCUT2D eigenvalue weighted by Crippen LogP contribution is -2.32. The first-order valence-corrected chi connectivity index (χ1v) is 6.09. The molecule has 0 fully saturated rings. The van der Waals surface area contributed by atoms with Crippen molar-refractivity contribution in [3.63, 3.8) is 0 Å². The SMILES string of the molecule is CCc1ccc(-c2ccccc2/C(=N/N)NN)nc1. The van der Waals surface area contributed by atoms with Crippen LogP contribution in [0.25, 0.3) is 11.3 Å². The van der Waals surface area contributed by atoms with Gasteiger partial charge in [-0.1, -0.05) is 37.3 Å². The molecule has 0 radical (unpaired) electrons. The van der Waals surface area contributed by atoms with Crippen molar-refractivity contribution < 1.29 is 0 Å². The topological polar surface area (TPSA) is 89.3 Å². The Hall–Kier alpha value is -2.40. The van der Waals surface area contributed by atoms with Gasteiger partial charge in [-0.15, -0.1) is 0 Å². The average molecular weight is 255 g/mol. The Balaban J connectivity index is 2.49. The van der Waals surface area contributed by atoms with Crippen LogP contribution in [0.5, 0.6) is 0 Å². The van der Waals surface area contributed by atoms with E-state index in [9.17, 15) is 0 Å². The van der Waals surface area contributed by atoms with Gasteiger partial charge >= 0.3 is 0 Å². The van der Waals surface area contributed by atoms with Crippen LogP contribution in [0.3, 0.4) is 0 Å². The van der Waals surface area contributed by atoms with Gasteiger partial charge in [-0.25, -0.2) is 5.84 Å². The Morgan fingerprint density at radius 3 is 2.63 bits per heavy atom. The van der Waals surface area contributed by atoms with Gasteiger partial charge in [-0.05, 0) is 18.1 Å². The van der Waals surface area contributed by atoms with Gasteiger partial charge in [0.1, 0.15) is 0 Å². The molecule has 5 N–H and O–H groups in total. The molecular weight excluding hydrogens is 238 g/mol. The van der Waals surface area contributed by atoms with Crippen LogP contribution in [0.4, 0.5) is 0 Å². The second kappa shape index (κ2) is 5.97. The molecule has 1 aromatic heterocycles. The van der Waals surface area contributed by atoms with Gasteiger partial charge in [0.15, 0.2) is 5.84 Å². The molecule has 0 aliphatic carbocycles. The van der Waals surface area contributed by atoms with E-state index in [1.807, 2.05) is 36.5 Å². The van der Waals surface area contributed by atoms with Crippen molar-refractivity contribution in [2.45, 2.75) is 13.3 Å². The normalized spacial score (nSPS) is 11.4. The van der Waals surface area contributed by atoms with Gasteiger partial charge in [0.25, 0.3) is 0 Å². The third-order valence-electron chi connectivity index (χ3n) is 2.96. The second-order valence-corrected chi connectivity index (χ2v) is 4.07. The van der Waals surface area contributed by atoms with Crippen molar-refractivity contribution in [1.82, 2.24) is 10.4 Å². The molecule has 1 heterocycles. The molecule has 0 unspecified atom stereocenters. The van der Waals surface area contributed by atoms with Crippen molar-refractivity contribution in [1.29, 1.82) is 0 Å². The van der Waals surface area contributed by atoms with Crippen LogP contribution in [-0.2, 0) is 6.42 Å². The predicted molar refractivity (Wildman–Crippen MR) is 77.1 cm³/mol. The molecule has 19 heavy (non-hydrogen) atoms. The van der Waals surface area contributed by atoms with E-state index < -0.39 is 0 Å². The molecule has 0 saturated carbocycles. The maximum atomic E-state index is 5.43. The molecule has 0 aliphatic rings. The van der Waals surface area contributed by atoms with Gasteiger partial charge in [0, 0.05) is 17.3 Å². The fourth-order valence-corrected chi connectivity index (χ4v) is 1.89. The number of nitrogens with one attached hydrogen (secondary N) is 1. The molecule has 2 aromatic rings. The lowest BCUT2D eigenvalue weighted by molar-refractivity contribution is 1.00. The highest BCUT2D eigenvalue weighted by molar-refractivity contribution is 6.03. The molecule has 0 saturated heterocycles. The van der Waals surface area contributed by atoms with Gasteiger partial charge in [0.05, 0.1) is 5.69 Å². The summed E-state index contributed by atoms with van der Waals surface area (Å²) in [6, 6.07) is 11.8. The van der Waals surface area contributed by atoms with E-state index in [2.05, 4.69) is 28.5 Å². The number of hydrazine groups is 1. The van der Waals surface area contributed by atoms with Crippen molar-refractivity contribution in [3.05, 3.63) is 53.7 Å². The number of nitrogens with two attached hydrogens (primary N) is 2. The van der Waals surface area contributed by atoms with Crippen LogP contribution in [0, 0.1) is 0 Å². The number of aryl methyl sites for hydroxylation is 1. The van der Waals surface area contributed by atoms with Crippen LogP contribution in [0.2, 0.25) is 0 Å². The van der Waals surface area contributed by atoms with Crippen molar-refractivity contribution in [2.75, 3.05) is 0 Å². The maximum Gasteiger partial charge on any atom is 0.167 e. The minimum atomic E-state index is 0.428. The fourth-order valence-electron chi connectivity index (χ4n) is 1.89. The first-order valence-electron chi connectivity index (χ1n) is 6.09. The number of hydrogen-bond donors (Lipinski definition) is 3. The molecule has 0 spiro atoms. The maximum absolute atomic E-state index is 5.43. The molecule has 0 aliphatic heterocycles. The summed E-state index contributed by atoms with van der Waals surface area (Å²) in [6.07, 6.45) is 2.84. The standard InChI is InChI=1S/C14H17N5/c1-2-10-7-8-13(17-9-10)11-5-3-4-6-12(11)14(18-15)19-16/h3-9H,2,15-16H2,1H3,(H,18,19). The quantitative estimate of drug-likeness (QED) is 0.335. The van der Waals surface area contributed by atoms with Crippen molar-refractivity contribution in [2.24, 2.45) is 16.8 Å². The number of rotatable bonds is 3. The monoisotopic (exact) mass is 255 g/mol. The molecule has 5 nitrogen and oxygen atoms in total. The lowest BCUT2D eigenvalue weighted by Gasteiger charge is -2.10. The first kappa shape index (κ1) is 13.0. The van der Waals surface area contributed by atoms with E-state index in [4.69, 9.17) is 11.7 Å². The fraction of sp³-hybridized carbons (Fsp3) is 0.143. The van der Waals surface area contributed by atoms with Gasteiger partial charge in [-0.2, -0.15) is 5.10 Å². The van der Waals surface area contributed by atoms with E-state index in [1.54, 1.807) is 0 Å². The lowest BCUT2D eigenvalue weighted by atomic mass is 10.0. The molecule has 0 bridgehead atoms. The van der Waals surface area contributed by atoms with Crippen molar-refractivity contribution >= 4 is 5.84 Å². The number of nitrogens with zero attached hydrogens (tertiary/aromatic N) is 2. The summed E-state index contributed by atoms with van der Waals surface area (Å²) in [4.78, 5) is 4.47. The molecular formula is C14H17N5. The summed E-state index contributed by atoms with van der Waals surface area (Å²) in [5.74, 6) is 11.2. The molecule has 5 heteroatoms. The molecule has 1 aromatic carbocycles. The first-order chi connectivity index (χ1) is 9.30. The number of hydrogen-bond acceptors (Lipinski definition) is 4. The molecule has 98 valence electrons. The number of hydrazone groups is 1. The zero-order chi connectivity index (χ0) is 13.7. The zero-order valence-corrected chi connectivity index (χ0v) is 10.8. The second-order valence-electron chi connectivity index (χ2n) is 4.07. The van der Waals surface area contributed by atoms with Gasteiger partial charge in [-0.3, -0.25) is 4.98 Å². The zero-order valence-electron chi connectivity index (χ0n) is 10.8. The predicted octanol–water partition coefficient (Wildman–Crippen LogP) is 1.39. The Morgan fingerprint density at radius 2 is 2.05 bits per heavy atom. The highest BCUT2D eigenvalue weighted by Crippen LogP contribution is 2.22. The molecule has 0 amide bonds. The largest absolute Gasteiger partial charge is 0.321 e. The summed E-state index contributed by atoms with van der Waals surface area (Å²) in [7, 11) is 0. The Labute approximate surface area is 112 Å². The number of benzene rings is 1. The van der Waals surface area contributed by atoms with E-state index in [0.29, 0.717) is 5.84 Å². The third-order valence-corrected chi connectivity index (χ3v) is 2.96. The molecule has 0 atom stereocenters. The average Bonchev–Trinajstić information content (AvgIpc) is 2.49. The minimum absolute atomic E-state index is 0.428. The van der Waals surface area contributed by atoms with E-state index in [0.717, 1.165) is 23.2 Å². The van der Waals surface area contributed by atoms with Crippen molar-refractivity contribution in [3.8, 4) is 11.3 Å². The summed E-state index contributed by atoms with van der Waals surface area (Å²) in [5.41, 5.74) is 6.32. The smallest absolute Gasteiger partial charge is 0.167 e. The summed E-state index contributed by atoms with van der Waals surface area (Å²) < 4.78 is 0. The summed E-state index contributed by atoms with van der Waals surface area (Å²) in [5, 5.41) is 3.65. The highest BCUT2D eigenvalue weighted by atomic mass is 15.3. The third kappa shape index (κ3) is 2.71. The highest BCUT2D eigenvalue weighted by Gasteiger charge is 2.10. The van der Waals surface area contributed by atoms with Gasteiger partial charge in [0.2, 0.25) is 0 Å². The van der Waals surface area contributed by atoms with E-state index in [1.165, 1.54) is 5.56 Å². The van der Waals surface area contributed by atoms with Crippen LogP contribution in [0.1, 0.15) is 18.1 Å². The van der Waals surface area contributed by atoms with Crippen LogP contribution in [0.15, 0.2) is 47.7 Å². The molecule has 2 rings (SSSR count). The number of aromatic nitrogens is 1. The van der Waals surface area contributed by atoms with Crippen LogP contribution in [-0.4, -0.2) is 10.8 Å². The Bertz CT molecular complexity index is 575. The van der Waals surface area contributed by atoms with Gasteiger partial charge < -0.3 is 11.3 Å². The van der Waals surface area contributed by atoms with E-state index in [-0.39, 0.29) is 0 Å². The summed E-state index contributed by atoms with van der Waals surface area (Å²) >= 11 is 0. The Kier molecular flexibility index (Phi) is 4.10. The summed E-state index contributed by atoms with van der Waals surface area (Å²) in [6.45, 7) is 2.10.